The standard InChI is InChI=1S/C28H41N7O7/c1-6-19(7-2)14-31-24(37)16-35-13-9-11-21(28(35)41)33-25(38)20(32-26(39)22-15-30-17-34(22)5)10-8-12-23(27(40)29-4)42-18(3)36/h9,11,13,15,17,19-20,23H,6-8,10,12,14,16H2,1-5H3,(H,29,40)(H,31,37)(H,32,39)(H,33,38)/t20-,23?/m0/s1. The van der Waals surface area contributed by atoms with Gasteiger partial charge in [-0.15, -0.1) is 0 Å². The molecular weight excluding hydrogens is 546 g/mol. The summed E-state index contributed by atoms with van der Waals surface area (Å²) in [6.45, 7) is 5.56. The summed E-state index contributed by atoms with van der Waals surface area (Å²) in [5.74, 6) is -2.37. The van der Waals surface area contributed by atoms with Gasteiger partial charge in [0.1, 0.15) is 24.0 Å². The lowest BCUT2D eigenvalue weighted by Gasteiger charge is -2.20. The predicted octanol–water partition coefficient (Wildman–Crippen LogP) is 0.719. The second-order valence-electron chi connectivity index (χ2n) is 9.89. The van der Waals surface area contributed by atoms with Crippen molar-refractivity contribution in [3.63, 3.8) is 0 Å². The molecule has 0 saturated carbocycles. The smallest absolute Gasteiger partial charge is 0.303 e. The van der Waals surface area contributed by atoms with Crippen LogP contribution in [0.15, 0.2) is 35.6 Å². The second kappa shape index (κ2) is 16.7. The third-order valence-electron chi connectivity index (χ3n) is 6.81. The molecule has 2 aromatic rings. The summed E-state index contributed by atoms with van der Waals surface area (Å²) in [5, 5.41) is 10.5. The summed E-state index contributed by atoms with van der Waals surface area (Å²) in [7, 11) is 3.03. The number of hydrogen-bond acceptors (Lipinski definition) is 8. The van der Waals surface area contributed by atoms with Gasteiger partial charge in [0.2, 0.25) is 11.8 Å². The molecular formula is C28H41N7O7. The minimum atomic E-state index is -1.12. The van der Waals surface area contributed by atoms with Crippen LogP contribution in [0.25, 0.3) is 0 Å². The Morgan fingerprint density at radius 1 is 1.07 bits per heavy atom. The third kappa shape index (κ3) is 10.2. The number of nitrogens with one attached hydrogen (secondary N) is 4. The van der Waals surface area contributed by atoms with Crippen LogP contribution in [-0.4, -0.2) is 69.5 Å². The molecule has 2 heterocycles. The molecule has 0 fully saturated rings. The molecule has 0 saturated heterocycles. The van der Waals surface area contributed by atoms with Crippen molar-refractivity contribution in [3.05, 3.63) is 46.9 Å². The molecule has 0 aliphatic carbocycles. The number of ether oxygens (including phenoxy) is 1. The molecule has 0 aromatic carbocycles. The van der Waals surface area contributed by atoms with Crippen LogP contribution in [0, 0.1) is 5.92 Å². The summed E-state index contributed by atoms with van der Waals surface area (Å²) >= 11 is 0. The molecule has 14 nitrogen and oxygen atoms in total. The molecule has 0 spiro atoms. The summed E-state index contributed by atoms with van der Waals surface area (Å²) in [5.41, 5.74) is -0.453. The zero-order valence-corrected chi connectivity index (χ0v) is 24.8. The number of carbonyl (C=O) groups is 5. The average Bonchev–Trinajstić information content (AvgIpc) is 3.39. The number of likely N-dealkylation sites (N-methyl/N-ethyl adjacent to an activating group) is 1. The van der Waals surface area contributed by atoms with Gasteiger partial charge in [-0.3, -0.25) is 28.8 Å². The van der Waals surface area contributed by atoms with Gasteiger partial charge >= 0.3 is 5.97 Å². The largest absolute Gasteiger partial charge is 0.452 e. The maximum atomic E-state index is 13.3. The van der Waals surface area contributed by atoms with Crippen molar-refractivity contribution in [1.82, 2.24) is 30.1 Å². The minimum Gasteiger partial charge on any atom is -0.452 e. The fourth-order valence-electron chi connectivity index (χ4n) is 4.21. The van der Waals surface area contributed by atoms with Crippen molar-refractivity contribution in [2.45, 2.75) is 71.6 Å². The Balaban J connectivity index is 2.18. The molecule has 1 unspecified atom stereocenters. The van der Waals surface area contributed by atoms with E-state index in [1.54, 1.807) is 7.05 Å². The van der Waals surface area contributed by atoms with E-state index in [-0.39, 0.29) is 43.1 Å². The Kier molecular flexibility index (Phi) is 13.4. The first kappa shape index (κ1) is 33.7. The van der Waals surface area contributed by atoms with Gasteiger partial charge in [0.05, 0.1) is 12.5 Å². The first-order valence-electron chi connectivity index (χ1n) is 13.9. The Morgan fingerprint density at radius 2 is 1.79 bits per heavy atom. The highest BCUT2D eigenvalue weighted by molar-refractivity contribution is 6.00. The number of carbonyl (C=O) groups excluding carboxylic acids is 5. The fraction of sp³-hybridized carbons (Fsp3) is 0.536. The molecule has 2 aromatic heterocycles. The Morgan fingerprint density at radius 3 is 2.38 bits per heavy atom. The van der Waals surface area contributed by atoms with Crippen LogP contribution in [0.4, 0.5) is 5.69 Å². The topological polar surface area (TPSA) is 183 Å². The predicted molar refractivity (Wildman–Crippen MR) is 154 cm³/mol. The lowest BCUT2D eigenvalue weighted by molar-refractivity contribution is -0.154. The van der Waals surface area contributed by atoms with Gasteiger partial charge in [-0.05, 0) is 37.3 Å². The van der Waals surface area contributed by atoms with E-state index in [2.05, 4.69) is 26.3 Å². The van der Waals surface area contributed by atoms with Crippen LogP contribution in [0.2, 0.25) is 0 Å². The van der Waals surface area contributed by atoms with Crippen LogP contribution < -0.4 is 26.8 Å². The van der Waals surface area contributed by atoms with Gasteiger partial charge in [0, 0.05) is 33.8 Å². The van der Waals surface area contributed by atoms with Crippen LogP contribution in [-0.2, 0) is 37.5 Å². The number of imidazole rings is 1. The molecule has 14 heteroatoms. The van der Waals surface area contributed by atoms with E-state index in [1.165, 1.54) is 54.0 Å². The van der Waals surface area contributed by atoms with Gasteiger partial charge in [-0.1, -0.05) is 26.7 Å². The molecule has 2 atom stereocenters. The molecule has 4 N–H and O–H groups in total. The number of anilines is 1. The third-order valence-corrected chi connectivity index (χ3v) is 6.81. The van der Waals surface area contributed by atoms with Crippen molar-refractivity contribution < 1.29 is 28.7 Å². The average molecular weight is 588 g/mol. The van der Waals surface area contributed by atoms with E-state index in [9.17, 15) is 28.8 Å². The zero-order chi connectivity index (χ0) is 31.2. The van der Waals surface area contributed by atoms with Gasteiger partial charge in [-0.2, -0.15) is 0 Å². The van der Waals surface area contributed by atoms with E-state index in [1.807, 2.05) is 13.8 Å². The summed E-state index contributed by atoms with van der Waals surface area (Å²) in [6, 6.07) is 1.81. The number of aryl methyl sites for hydroxylation is 1. The van der Waals surface area contributed by atoms with Crippen LogP contribution in [0.5, 0.6) is 0 Å². The van der Waals surface area contributed by atoms with Crippen LogP contribution in [0.1, 0.15) is 63.4 Å². The molecule has 0 aliphatic heterocycles. The summed E-state index contributed by atoms with van der Waals surface area (Å²) in [4.78, 5) is 79.2. The SMILES string of the molecule is CCC(CC)CNC(=O)Cn1cccc(NC(=O)[C@H](CCCC(OC(C)=O)C(=O)NC)NC(=O)c2cncn2C)c1=O. The molecule has 0 radical (unpaired) electrons. The quantitative estimate of drug-likeness (QED) is 0.207. The highest BCUT2D eigenvalue weighted by Gasteiger charge is 2.26. The van der Waals surface area contributed by atoms with Crippen LogP contribution in [0.3, 0.4) is 0 Å². The van der Waals surface area contributed by atoms with E-state index in [0.29, 0.717) is 12.5 Å². The molecule has 2 rings (SSSR count). The van der Waals surface area contributed by atoms with Crippen molar-refractivity contribution in [2.24, 2.45) is 13.0 Å². The number of rotatable bonds is 16. The maximum Gasteiger partial charge on any atom is 0.303 e. The van der Waals surface area contributed by atoms with Gasteiger partial charge in [-0.25, -0.2) is 4.98 Å². The van der Waals surface area contributed by atoms with Crippen molar-refractivity contribution in [2.75, 3.05) is 18.9 Å². The van der Waals surface area contributed by atoms with Crippen LogP contribution >= 0.6 is 0 Å². The fourth-order valence-corrected chi connectivity index (χ4v) is 4.21. The Bertz CT molecular complexity index is 1300. The monoisotopic (exact) mass is 587 g/mol. The first-order chi connectivity index (χ1) is 20.0. The molecule has 0 aliphatic rings. The van der Waals surface area contributed by atoms with E-state index in [4.69, 9.17) is 4.74 Å². The summed E-state index contributed by atoms with van der Waals surface area (Å²) in [6.07, 6.45) is 5.37. The van der Waals surface area contributed by atoms with Crippen molar-refractivity contribution in [3.8, 4) is 0 Å². The van der Waals surface area contributed by atoms with Gasteiger partial charge in [0.15, 0.2) is 6.10 Å². The highest BCUT2D eigenvalue weighted by atomic mass is 16.5. The minimum absolute atomic E-state index is 0.0592. The number of hydrogen-bond donors (Lipinski definition) is 4. The van der Waals surface area contributed by atoms with Crippen molar-refractivity contribution >= 4 is 35.3 Å². The van der Waals surface area contributed by atoms with E-state index >= 15 is 0 Å². The number of esters is 1. The Labute approximate surface area is 244 Å². The van der Waals surface area contributed by atoms with Crippen molar-refractivity contribution in [1.29, 1.82) is 0 Å². The first-order valence-corrected chi connectivity index (χ1v) is 13.9. The van der Waals surface area contributed by atoms with Gasteiger partial charge < -0.3 is 35.1 Å². The Hall–Kier alpha value is -4.49. The molecule has 230 valence electrons. The van der Waals surface area contributed by atoms with Gasteiger partial charge in [0.25, 0.3) is 17.4 Å². The normalized spacial score (nSPS) is 12.2. The number of pyridine rings is 1. The van der Waals surface area contributed by atoms with E-state index < -0.39 is 41.4 Å². The maximum absolute atomic E-state index is 13.3. The van der Waals surface area contributed by atoms with E-state index in [0.717, 1.165) is 12.8 Å². The lowest BCUT2D eigenvalue weighted by atomic mass is 10.0. The number of aromatic nitrogens is 3. The zero-order valence-electron chi connectivity index (χ0n) is 24.8. The highest BCUT2D eigenvalue weighted by Crippen LogP contribution is 2.12. The molecule has 42 heavy (non-hydrogen) atoms. The molecule has 4 amide bonds. The lowest BCUT2D eigenvalue weighted by Crippen LogP contribution is -2.45. The molecule has 0 bridgehead atoms. The second-order valence-corrected chi connectivity index (χ2v) is 9.89. The summed E-state index contributed by atoms with van der Waals surface area (Å²) < 4.78 is 7.74. The number of nitrogens with zero attached hydrogens (tertiary/aromatic N) is 3. The number of amides is 4.